The highest BCUT2D eigenvalue weighted by Gasteiger charge is 2.12. The monoisotopic (exact) mass is 283 g/mol. The molecule has 0 radical (unpaired) electrons. The van der Waals surface area contributed by atoms with Crippen LogP contribution in [0.4, 0.5) is 5.69 Å². The second-order valence-electron chi connectivity index (χ2n) is 5.96. The molecule has 2 heterocycles. The Morgan fingerprint density at radius 2 is 1.81 bits per heavy atom. The molecule has 3 nitrogen and oxygen atoms in total. The van der Waals surface area contributed by atoms with Gasteiger partial charge in [-0.15, -0.1) is 0 Å². The Labute approximate surface area is 127 Å². The Morgan fingerprint density at radius 1 is 1.10 bits per heavy atom. The number of aryl methyl sites for hydroxylation is 2. The smallest absolute Gasteiger partial charge is 0.106 e. The molecule has 0 amide bonds. The van der Waals surface area contributed by atoms with Gasteiger partial charge in [0.15, 0.2) is 0 Å². The lowest BCUT2D eigenvalue weighted by atomic mass is 10.1. The molecule has 3 heteroatoms. The van der Waals surface area contributed by atoms with Gasteiger partial charge in [-0.3, -0.25) is 0 Å². The van der Waals surface area contributed by atoms with Gasteiger partial charge in [-0.25, -0.2) is 4.98 Å². The first-order chi connectivity index (χ1) is 10.3. The van der Waals surface area contributed by atoms with Crippen molar-refractivity contribution >= 4 is 5.69 Å². The van der Waals surface area contributed by atoms with Crippen LogP contribution in [0.3, 0.4) is 0 Å². The van der Waals surface area contributed by atoms with Crippen molar-refractivity contribution < 1.29 is 0 Å². The summed E-state index contributed by atoms with van der Waals surface area (Å²) in [4.78, 5) is 7.18. The van der Waals surface area contributed by atoms with E-state index in [4.69, 9.17) is 4.98 Å². The molecule has 1 aliphatic rings. The predicted molar refractivity (Wildman–Crippen MR) is 88.8 cm³/mol. The summed E-state index contributed by atoms with van der Waals surface area (Å²) in [6, 6.07) is 8.89. The number of aromatic nitrogens is 2. The summed E-state index contributed by atoms with van der Waals surface area (Å²) in [5.41, 5.74) is 3.66. The lowest BCUT2D eigenvalue weighted by molar-refractivity contribution is 0.616. The number of nitrogens with zero attached hydrogens (tertiary/aromatic N) is 3. The Morgan fingerprint density at radius 3 is 2.48 bits per heavy atom. The van der Waals surface area contributed by atoms with Gasteiger partial charge in [-0.1, -0.05) is 25.5 Å². The lowest BCUT2D eigenvalue weighted by Gasteiger charge is -2.17. The van der Waals surface area contributed by atoms with Gasteiger partial charge in [0.25, 0.3) is 0 Å². The molecule has 0 saturated carbocycles. The number of rotatable bonds is 5. The zero-order valence-corrected chi connectivity index (χ0v) is 13.2. The molecule has 1 aliphatic heterocycles. The number of anilines is 1. The molecule has 0 bridgehead atoms. The summed E-state index contributed by atoms with van der Waals surface area (Å²) in [5.74, 6) is 1.11. The van der Waals surface area contributed by atoms with E-state index >= 15 is 0 Å². The summed E-state index contributed by atoms with van der Waals surface area (Å²) >= 11 is 0. The molecular formula is C18H25N3. The van der Waals surface area contributed by atoms with Gasteiger partial charge in [0.1, 0.15) is 5.82 Å². The maximum atomic E-state index is 4.71. The molecular weight excluding hydrogens is 258 g/mol. The molecule has 0 atom stereocenters. The van der Waals surface area contributed by atoms with Gasteiger partial charge in [0, 0.05) is 37.1 Å². The van der Waals surface area contributed by atoms with Crippen molar-refractivity contribution in [2.24, 2.45) is 0 Å². The third-order valence-electron chi connectivity index (χ3n) is 4.36. The van der Waals surface area contributed by atoms with Gasteiger partial charge in [0.05, 0.1) is 5.69 Å². The molecule has 1 aromatic heterocycles. The van der Waals surface area contributed by atoms with Crippen molar-refractivity contribution in [2.75, 3.05) is 18.0 Å². The average molecular weight is 283 g/mol. The predicted octanol–water partition coefficient (Wildman–Crippen LogP) is 4.26. The molecule has 1 fully saturated rings. The van der Waals surface area contributed by atoms with Crippen molar-refractivity contribution in [1.29, 1.82) is 0 Å². The molecule has 0 unspecified atom stereocenters. The van der Waals surface area contributed by atoms with Gasteiger partial charge in [0.2, 0.25) is 0 Å². The molecule has 0 aliphatic carbocycles. The van der Waals surface area contributed by atoms with Crippen LogP contribution in [-0.4, -0.2) is 22.6 Å². The molecule has 21 heavy (non-hydrogen) atoms. The maximum Gasteiger partial charge on any atom is 0.106 e. The topological polar surface area (TPSA) is 21.1 Å². The number of hydrogen-bond acceptors (Lipinski definition) is 2. The van der Waals surface area contributed by atoms with Crippen molar-refractivity contribution in [3.8, 4) is 11.3 Å². The van der Waals surface area contributed by atoms with Crippen LogP contribution in [-0.2, 0) is 6.54 Å². The normalized spacial score (nSPS) is 14.9. The number of unbranched alkanes of at least 4 members (excludes halogenated alkanes) is 1. The maximum absolute atomic E-state index is 4.71. The van der Waals surface area contributed by atoms with Crippen LogP contribution in [0.2, 0.25) is 0 Å². The van der Waals surface area contributed by atoms with Crippen LogP contribution < -0.4 is 4.90 Å². The van der Waals surface area contributed by atoms with Crippen molar-refractivity contribution in [1.82, 2.24) is 9.55 Å². The molecule has 1 aromatic carbocycles. The minimum atomic E-state index is 1.07. The second kappa shape index (κ2) is 6.33. The quantitative estimate of drug-likeness (QED) is 0.817. The fourth-order valence-electron chi connectivity index (χ4n) is 3.02. The molecule has 3 rings (SSSR count). The summed E-state index contributed by atoms with van der Waals surface area (Å²) in [7, 11) is 0. The average Bonchev–Trinajstić information content (AvgIpc) is 3.15. The number of imidazole rings is 1. The van der Waals surface area contributed by atoms with E-state index in [0.29, 0.717) is 0 Å². The van der Waals surface area contributed by atoms with E-state index in [2.05, 4.69) is 53.8 Å². The highest BCUT2D eigenvalue weighted by Crippen LogP contribution is 2.25. The summed E-state index contributed by atoms with van der Waals surface area (Å²) in [6.07, 6.45) is 7.27. The molecule has 1 saturated heterocycles. The van der Waals surface area contributed by atoms with Crippen molar-refractivity contribution in [2.45, 2.75) is 46.1 Å². The highest BCUT2D eigenvalue weighted by molar-refractivity contribution is 5.63. The zero-order chi connectivity index (χ0) is 14.7. The highest BCUT2D eigenvalue weighted by atomic mass is 15.1. The minimum Gasteiger partial charge on any atom is -0.372 e. The number of hydrogen-bond donors (Lipinski definition) is 0. The van der Waals surface area contributed by atoms with E-state index in [1.807, 2.05) is 0 Å². The molecule has 0 spiro atoms. The van der Waals surface area contributed by atoms with Crippen LogP contribution in [0, 0.1) is 6.92 Å². The van der Waals surface area contributed by atoms with Gasteiger partial charge < -0.3 is 9.47 Å². The van der Waals surface area contributed by atoms with Gasteiger partial charge in [-0.2, -0.15) is 0 Å². The van der Waals surface area contributed by atoms with E-state index in [1.54, 1.807) is 0 Å². The van der Waals surface area contributed by atoms with E-state index in [9.17, 15) is 0 Å². The third-order valence-corrected chi connectivity index (χ3v) is 4.36. The van der Waals surface area contributed by atoms with Gasteiger partial charge in [-0.05, 0) is 38.3 Å². The van der Waals surface area contributed by atoms with Crippen molar-refractivity contribution in [3.05, 3.63) is 36.3 Å². The van der Waals surface area contributed by atoms with Crippen LogP contribution in [0.15, 0.2) is 30.5 Å². The standard InChI is InChI=1S/C18H25N3/c1-3-4-11-21-14-18(19-15(21)2)16-7-9-17(10-8-16)20-12-5-6-13-20/h7-10,14H,3-6,11-13H2,1-2H3. The van der Waals surface area contributed by atoms with E-state index in [1.165, 1.54) is 50.0 Å². The summed E-state index contributed by atoms with van der Waals surface area (Å²) < 4.78 is 2.27. The minimum absolute atomic E-state index is 1.07. The first-order valence-corrected chi connectivity index (χ1v) is 8.17. The van der Waals surface area contributed by atoms with Gasteiger partial charge >= 0.3 is 0 Å². The second-order valence-corrected chi connectivity index (χ2v) is 5.96. The first-order valence-electron chi connectivity index (χ1n) is 8.17. The lowest BCUT2D eigenvalue weighted by Crippen LogP contribution is -2.17. The van der Waals surface area contributed by atoms with Crippen LogP contribution in [0.5, 0.6) is 0 Å². The Bertz CT molecular complexity index is 577. The van der Waals surface area contributed by atoms with E-state index < -0.39 is 0 Å². The largest absolute Gasteiger partial charge is 0.372 e. The Balaban J connectivity index is 1.77. The molecule has 112 valence electrons. The fourth-order valence-corrected chi connectivity index (χ4v) is 3.02. The third kappa shape index (κ3) is 3.12. The molecule has 0 N–H and O–H groups in total. The van der Waals surface area contributed by atoms with Crippen LogP contribution in [0.1, 0.15) is 38.4 Å². The zero-order valence-electron chi connectivity index (χ0n) is 13.2. The van der Waals surface area contributed by atoms with Crippen molar-refractivity contribution in [3.63, 3.8) is 0 Å². The fraction of sp³-hybridized carbons (Fsp3) is 0.500. The molecule has 2 aromatic rings. The summed E-state index contributed by atoms with van der Waals surface area (Å²) in [6.45, 7) is 7.79. The Kier molecular flexibility index (Phi) is 4.28. The van der Waals surface area contributed by atoms with E-state index in [0.717, 1.165) is 18.1 Å². The van der Waals surface area contributed by atoms with Crippen LogP contribution in [0.25, 0.3) is 11.3 Å². The summed E-state index contributed by atoms with van der Waals surface area (Å²) in [5, 5.41) is 0. The Hall–Kier alpha value is -1.77. The first kappa shape index (κ1) is 14.2. The van der Waals surface area contributed by atoms with Crippen LogP contribution >= 0.6 is 0 Å². The number of benzene rings is 1. The van der Waals surface area contributed by atoms with E-state index in [-0.39, 0.29) is 0 Å². The SMILES string of the molecule is CCCCn1cc(-c2ccc(N3CCCC3)cc2)nc1C.